The van der Waals surface area contributed by atoms with Crippen LogP contribution in [0, 0.1) is 0 Å². The summed E-state index contributed by atoms with van der Waals surface area (Å²) >= 11 is 0. The molecule has 0 aliphatic carbocycles. The van der Waals surface area contributed by atoms with Crippen molar-refractivity contribution in [2.45, 2.75) is 33.1 Å². The highest BCUT2D eigenvalue weighted by atomic mass is 31.2. The third kappa shape index (κ3) is 8.65. The molecule has 0 amide bonds. The highest BCUT2D eigenvalue weighted by molar-refractivity contribution is 7.51. The molecule has 2 N–H and O–H groups in total. The van der Waals surface area contributed by atoms with Crippen LogP contribution in [0.15, 0.2) is 11.6 Å². The first-order valence-electron chi connectivity index (χ1n) is 5.25. The predicted octanol–water partition coefficient (Wildman–Crippen LogP) is 1.84. The van der Waals surface area contributed by atoms with Gasteiger partial charge in [-0.05, 0) is 19.8 Å². The second-order valence-electron chi connectivity index (χ2n) is 3.55. The summed E-state index contributed by atoms with van der Waals surface area (Å²) in [4.78, 5) is 28.5. The summed E-state index contributed by atoms with van der Waals surface area (Å²) in [6.45, 7) is 3.96. The molecule has 0 aromatic heterocycles. The van der Waals surface area contributed by atoms with Crippen LogP contribution in [-0.2, 0) is 14.1 Å². The quantitative estimate of drug-likeness (QED) is 0.312. The number of allylic oxidation sites excluding steroid dienone is 1. The van der Waals surface area contributed by atoms with Crippen LogP contribution < -0.4 is 0 Å². The van der Waals surface area contributed by atoms with Gasteiger partial charge < -0.3 is 14.5 Å². The minimum Gasteiger partial charge on any atom is -0.462 e. The summed E-state index contributed by atoms with van der Waals surface area (Å²) < 4.78 is 15.5. The van der Waals surface area contributed by atoms with Crippen molar-refractivity contribution in [3.8, 4) is 0 Å². The number of ether oxygens (including phenoxy) is 1. The average molecular weight is 250 g/mol. The number of rotatable bonds is 7. The second-order valence-corrected chi connectivity index (χ2v) is 5.33. The predicted molar refractivity (Wildman–Crippen MR) is 61.2 cm³/mol. The average Bonchev–Trinajstić information content (AvgIpc) is 2.15. The minimum atomic E-state index is -3.97. The van der Waals surface area contributed by atoms with E-state index in [-0.39, 0.29) is 12.6 Å². The van der Waals surface area contributed by atoms with Crippen LogP contribution in [0.1, 0.15) is 33.1 Å². The summed E-state index contributed by atoms with van der Waals surface area (Å²) in [5.41, 5.74) is 0.393. The third-order valence-corrected chi connectivity index (χ3v) is 2.76. The Bertz CT molecular complexity index is 292. The molecule has 5 nitrogen and oxygen atoms in total. The molecule has 0 bridgehead atoms. The highest BCUT2D eigenvalue weighted by Crippen LogP contribution is 2.35. The Kier molecular flexibility index (Phi) is 7.30. The van der Waals surface area contributed by atoms with Crippen molar-refractivity contribution in [2.75, 3.05) is 12.8 Å². The SMILES string of the molecule is CCCCOC(=O)C(C)=CCCP(=O)(O)O. The van der Waals surface area contributed by atoms with Crippen LogP contribution in [0.5, 0.6) is 0 Å². The maximum absolute atomic E-state index is 11.3. The van der Waals surface area contributed by atoms with Crippen molar-refractivity contribution < 1.29 is 23.9 Å². The van der Waals surface area contributed by atoms with E-state index in [1.165, 1.54) is 6.08 Å². The maximum Gasteiger partial charge on any atom is 0.333 e. The van der Waals surface area contributed by atoms with E-state index in [1.54, 1.807) is 6.92 Å². The van der Waals surface area contributed by atoms with Gasteiger partial charge >= 0.3 is 13.6 Å². The van der Waals surface area contributed by atoms with Gasteiger partial charge in [0.2, 0.25) is 0 Å². The van der Waals surface area contributed by atoms with Gasteiger partial charge in [-0.25, -0.2) is 4.79 Å². The Morgan fingerprint density at radius 2 is 2.06 bits per heavy atom. The van der Waals surface area contributed by atoms with Crippen LogP contribution in [0.3, 0.4) is 0 Å². The summed E-state index contributed by atoms with van der Waals surface area (Å²) in [6.07, 6.45) is 3.20. The number of esters is 1. The van der Waals surface area contributed by atoms with Crippen molar-refractivity contribution >= 4 is 13.6 Å². The largest absolute Gasteiger partial charge is 0.462 e. The topological polar surface area (TPSA) is 83.8 Å². The van der Waals surface area contributed by atoms with E-state index in [2.05, 4.69) is 0 Å². The molecule has 0 aromatic rings. The molecular formula is C10H19O5P. The van der Waals surface area contributed by atoms with Gasteiger partial charge in [0, 0.05) is 5.57 Å². The van der Waals surface area contributed by atoms with E-state index in [4.69, 9.17) is 14.5 Å². The fourth-order valence-electron chi connectivity index (χ4n) is 0.956. The van der Waals surface area contributed by atoms with Crippen LogP contribution in [0.25, 0.3) is 0 Å². The van der Waals surface area contributed by atoms with Gasteiger partial charge in [-0.1, -0.05) is 19.4 Å². The van der Waals surface area contributed by atoms with Crippen molar-refractivity contribution in [2.24, 2.45) is 0 Å². The van der Waals surface area contributed by atoms with E-state index >= 15 is 0 Å². The Morgan fingerprint density at radius 3 is 2.56 bits per heavy atom. The van der Waals surface area contributed by atoms with E-state index in [0.717, 1.165) is 12.8 Å². The first kappa shape index (κ1) is 15.4. The Morgan fingerprint density at radius 1 is 1.44 bits per heavy atom. The molecule has 0 saturated carbocycles. The Labute approximate surface area is 95.7 Å². The molecular weight excluding hydrogens is 231 g/mol. The molecule has 94 valence electrons. The molecule has 0 unspecified atom stereocenters. The van der Waals surface area contributed by atoms with E-state index in [0.29, 0.717) is 12.2 Å². The van der Waals surface area contributed by atoms with Crippen molar-refractivity contribution in [1.29, 1.82) is 0 Å². The van der Waals surface area contributed by atoms with Gasteiger partial charge in [-0.3, -0.25) is 4.57 Å². The molecule has 0 aliphatic rings. The van der Waals surface area contributed by atoms with E-state index < -0.39 is 13.6 Å². The summed E-state index contributed by atoms with van der Waals surface area (Å²) in [5.74, 6) is -0.417. The first-order valence-corrected chi connectivity index (χ1v) is 7.05. The maximum atomic E-state index is 11.3. The van der Waals surface area contributed by atoms with Gasteiger partial charge in [-0.15, -0.1) is 0 Å². The zero-order chi connectivity index (χ0) is 12.6. The molecule has 0 rings (SSSR count). The highest BCUT2D eigenvalue weighted by Gasteiger charge is 2.11. The first-order chi connectivity index (χ1) is 7.37. The molecule has 0 aromatic carbocycles. The lowest BCUT2D eigenvalue weighted by atomic mass is 10.2. The van der Waals surface area contributed by atoms with Crippen molar-refractivity contribution in [3.05, 3.63) is 11.6 Å². The fraction of sp³-hybridized carbons (Fsp3) is 0.700. The fourth-order valence-corrected chi connectivity index (χ4v) is 1.42. The molecule has 0 spiro atoms. The number of hydrogen-bond acceptors (Lipinski definition) is 3. The van der Waals surface area contributed by atoms with Gasteiger partial charge in [0.1, 0.15) is 0 Å². The molecule has 0 fully saturated rings. The van der Waals surface area contributed by atoms with Crippen LogP contribution in [-0.4, -0.2) is 28.5 Å². The van der Waals surface area contributed by atoms with E-state index in [1.807, 2.05) is 6.92 Å². The summed E-state index contributed by atoms with van der Waals surface area (Å²) in [5, 5.41) is 0. The lowest BCUT2D eigenvalue weighted by molar-refractivity contribution is -0.139. The van der Waals surface area contributed by atoms with Gasteiger partial charge in [-0.2, -0.15) is 0 Å². The zero-order valence-corrected chi connectivity index (χ0v) is 10.6. The van der Waals surface area contributed by atoms with Crippen molar-refractivity contribution in [1.82, 2.24) is 0 Å². The van der Waals surface area contributed by atoms with Gasteiger partial charge in [0.05, 0.1) is 12.8 Å². The molecule has 6 heteroatoms. The number of hydrogen-bond donors (Lipinski definition) is 2. The second kappa shape index (κ2) is 7.60. The zero-order valence-electron chi connectivity index (χ0n) is 9.68. The van der Waals surface area contributed by atoms with Crippen molar-refractivity contribution in [3.63, 3.8) is 0 Å². The molecule has 0 aliphatic heterocycles. The van der Waals surface area contributed by atoms with Crippen LogP contribution in [0.4, 0.5) is 0 Å². The third-order valence-electron chi connectivity index (χ3n) is 1.92. The van der Waals surface area contributed by atoms with Gasteiger partial charge in [0.25, 0.3) is 0 Å². The van der Waals surface area contributed by atoms with Gasteiger partial charge in [0.15, 0.2) is 0 Å². The Hall–Kier alpha value is -0.640. The Balaban J connectivity index is 3.93. The number of carbonyl (C=O) groups excluding carboxylic acids is 1. The standard InChI is InChI=1S/C10H19O5P/c1-3-4-7-15-10(11)9(2)6-5-8-16(12,13)14/h6H,3-5,7-8H2,1-2H3,(H2,12,13,14). The lowest BCUT2D eigenvalue weighted by Gasteiger charge is -2.04. The smallest absolute Gasteiger partial charge is 0.333 e. The summed E-state index contributed by atoms with van der Waals surface area (Å²) in [7, 11) is -3.97. The number of carbonyl (C=O) groups is 1. The molecule has 0 atom stereocenters. The monoisotopic (exact) mass is 250 g/mol. The van der Waals surface area contributed by atoms with Crippen LogP contribution in [0.2, 0.25) is 0 Å². The normalized spacial score (nSPS) is 12.6. The summed E-state index contributed by atoms with van der Waals surface area (Å²) in [6, 6.07) is 0. The molecule has 0 heterocycles. The van der Waals surface area contributed by atoms with E-state index in [9.17, 15) is 9.36 Å². The minimum absolute atomic E-state index is 0.180. The molecule has 0 saturated heterocycles. The van der Waals surface area contributed by atoms with Crippen LogP contribution >= 0.6 is 7.60 Å². The lowest BCUT2D eigenvalue weighted by Crippen LogP contribution is -2.07. The molecule has 16 heavy (non-hydrogen) atoms. The molecule has 0 radical (unpaired) electrons. The number of unbranched alkanes of at least 4 members (excludes halogenated alkanes) is 1.